The second-order valence-corrected chi connectivity index (χ2v) is 3.87. The number of aromatic amines is 1. The largest absolute Gasteiger partial charge is 0.478 e. The third-order valence-electron chi connectivity index (χ3n) is 2.63. The van der Waals surface area contributed by atoms with Crippen LogP contribution in [0.2, 0.25) is 0 Å². The number of carbonyl (C=O) groups is 1. The number of fused-ring (bicyclic) bond motifs is 1. The third-order valence-corrected chi connectivity index (χ3v) is 2.63. The highest BCUT2D eigenvalue weighted by Gasteiger charge is 2.12. The van der Waals surface area contributed by atoms with Gasteiger partial charge >= 0.3 is 5.97 Å². The monoisotopic (exact) mass is 260 g/mol. The van der Waals surface area contributed by atoms with Crippen LogP contribution < -0.4 is 5.56 Å². The van der Waals surface area contributed by atoms with Crippen molar-refractivity contribution in [3.63, 3.8) is 0 Å². The van der Waals surface area contributed by atoms with E-state index < -0.39 is 5.97 Å². The standard InChI is InChI=1S/C10H8N6O3/c1-15-7-6(3-11-15)13-10(14-8(7)17)16-4-5(2-12-16)9(18)19/h2-4H,1H3,(H,18,19)(H,13,14,17). The first-order valence-electron chi connectivity index (χ1n) is 5.26. The molecule has 0 aliphatic heterocycles. The van der Waals surface area contributed by atoms with Crippen molar-refractivity contribution in [1.82, 2.24) is 29.5 Å². The average Bonchev–Trinajstić information content (AvgIpc) is 2.96. The molecule has 0 unspecified atom stereocenters. The fraction of sp³-hybridized carbons (Fsp3) is 0.100. The van der Waals surface area contributed by atoms with Gasteiger partial charge in [0.05, 0.1) is 18.0 Å². The molecule has 3 rings (SSSR count). The van der Waals surface area contributed by atoms with Gasteiger partial charge in [0.1, 0.15) is 5.52 Å². The van der Waals surface area contributed by atoms with Gasteiger partial charge in [-0.3, -0.25) is 14.5 Å². The summed E-state index contributed by atoms with van der Waals surface area (Å²) in [6.45, 7) is 0. The quantitative estimate of drug-likeness (QED) is 0.643. The lowest BCUT2D eigenvalue weighted by molar-refractivity contribution is 0.0697. The summed E-state index contributed by atoms with van der Waals surface area (Å²) in [6, 6.07) is 0. The molecule has 9 heteroatoms. The summed E-state index contributed by atoms with van der Waals surface area (Å²) in [5.74, 6) is -0.964. The van der Waals surface area contributed by atoms with E-state index in [0.717, 1.165) is 0 Å². The number of rotatable bonds is 2. The number of hydrogen-bond donors (Lipinski definition) is 2. The molecule has 96 valence electrons. The summed E-state index contributed by atoms with van der Waals surface area (Å²) < 4.78 is 2.61. The van der Waals surface area contributed by atoms with Crippen LogP contribution in [-0.2, 0) is 7.05 Å². The van der Waals surface area contributed by atoms with E-state index in [1.807, 2.05) is 0 Å². The number of aromatic nitrogens is 6. The number of hydrogen-bond acceptors (Lipinski definition) is 5. The minimum Gasteiger partial charge on any atom is -0.478 e. The summed E-state index contributed by atoms with van der Waals surface area (Å²) in [4.78, 5) is 29.3. The van der Waals surface area contributed by atoms with Crippen molar-refractivity contribution in [2.45, 2.75) is 0 Å². The number of aromatic carboxylic acids is 1. The lowest BCUT2D eigenvalue weighted by Gasteiger charge is -2.00. The van der Waals surface area contributed by atoms with Gasteiger partial charge in [-0.1, -0.05) is 0 Å². The van der Waals surface area contributed by atoms with Crippen LogP contribution in [-0.4, -0.2) is 40.6 Å². The fourth-order valence-electron chi connectivity index (χ4n) is 1.73. The second kappa shape index (κ2) is 3.77. The minimum absolute atomic E-state index is 0.00827. The van der Waals surface area contributed by atoms with Gasteiger partial charge in [-0.2, -0.15) is 10.2 Å². The number of aryl methyl sites for hydroxylation is 1. The van der Waals surface area contributed by atoms with Crippen molar-refractivity contribution < 1.29 is 9.90 Å². The van der Waals surface area contributed by atoms with Crippen LogP contribution in [0, 0.1) is 0 Å². The van der Waals surface area contributed by atoms with Crippen LogP contribution in [0.4, 0.5) is 0 Å². The maximum absolute atomic E-state index is 11.9. The van der Waals surface area contributed by atoms with Crippen LogP contribution in [0.5, 0.6) is 0 Å². The van der Waals surface area contributed by atoms with Crippen LogP contribution in [0.1, 0.15) is 10.4 Å². The Kier molecular flexibility index (Phi) is 2.21. The lowest BCUT2D eigenvalue weighted by atomic mass is 10.4. The van der Waals surface area contributed by atoms with E-state index in [4.69, 9.17) is 5.11 Å². The molecule has 19 heavy (non-hydrogen) atoms. The van der Waals surface area contributed by atoms with Gasteiger partial charge in [0.25, 0.3) is 5.56 Å². The Bertz CT molecular complexity index is 842. The average molecular weight is 260 g/mol. The molecule has 9 nitrogen and oxygen atoms in total. The van der Waals surface area contributed by atoms with Crippen molar-refractivity contribution in [3.05, 3.63) is 34.5 Å². The number of H-pyrrole nitrogens is 1. The van der Waals surface area contributed by atoms with Gasteiger partial charge in [-0.15, -0.1) is 0 Å². The van der Waals surface area contributed by atoms with Crippen molar-refractivity contribution in [1.29, 1.82) is 0 Å². The predicted octanol–water partition coefficient (Wildman–Crippen LogP) is -0.460. The Morgan fingerprint density at radius 3 is 2.84 bits per heavy atom. The number of carboxylic acids is 1. The molecular formula is C10H8N6O3. The summed E-state index contributed by atoms with van der Waals surface area (Å²) >= 11 is 0. The van der Waals surface area contributed by atoms with E-state index >= 15 is 0 Å². The second-order valence-electron chi connectivity index (χ2n) is 3.87. The highest BCUT2D eigenvalue weighted by Crippen LogP contribution is 2.07. The van der Waals surface area contributed by atoms with E-state index in [0.29, 0.717) is 11.0 Å². The first kappa shape index (κ1) is 11.1. The number of carboxylic acid groups (broad SMARTS) is 1. The van der Waals surface area contributed by atoms with Crippen molar-refractivity contribution >= 4 is 17.0 Å². The zero-order valence-electron chi connectivity index (χ0n) is 9.73. The van der Waals surface area contributed by atoms with Crippen LogP contribution in [0.25, 0.3) is 17.0 Å². The molecule has 0 bridgehead atoms. The Hall–Kier alpha value is -2.97. The zero-order chi connectivity index (χ0) is 13.6. The first-order chi connectivity index (χ1) is 9.06. The molecule has 0 amide bonds. The SMILES string of the molecule is Cn1ncc2nc(-n3cc(C(=O)O)cn3)[nH]c(=O)c21. The normalized spacial score (nSPS) is 11.0. The minimum atomic E-state index is -1.10. The molecule has 0 aromatic carbocycles. The van der Waals surface area contributed by atoms with E-state index in [9.17, 15) is 9.59 Å². The lowest BCUT2D eigenvalue weighted by Crippen LogP contribution is -2.15. The van der Waals surface area contributed by atoms with Gasteiger partial charge in [0.2, 0.25) is 5.95 Å². The molecule has 3 aromatic heterocycles. The molecule has 0 atom stereocenters. The maximum atomic E-state index is 11.9. The number of nitrogens with zero attached hydrogens (tertiary/aromatic N) is 5. The molecule has 2 N–H and O–H groups in total. The molecule has 0 saturated heterocycles. The van der Waals surface area contributed by atoms with Gasteiger partial charge in [0.15, 0.2) is 5.52 Å². The zero-order valence-corrected chi connectivity index (χ0v) is 9.73. The van der Waals surface area contributed by atoms with Crippen molar-refractivity contribution in [2.24, 2.45) is 7.05 Å². The van der Waals surface area contributed by atoms with Crippen molar-refractivity contribution in [2.75, 3.05) is 0 Å². The predicted molar refractivity (Wildman–Crippen MR) is 63.2 cm³/mol. The number of nitrogens with one attached hydrogen (secondary N) is 1. The molecule has 0 spiro atoms. The Morgan fingerprint density at radius 1 is 1.37 bits per heavy atom. The van der Waals surface area contributed by atoms with Crippen molar-refractivity contribution in [3.8, 4) is 5.95 Å². The molecule has 3 heterocycles. The van der Waals surface area contributed by atoms with E-state index in [1.54, 1.807) is 7.05 Å². The molecule has 0 radical (unpaired) electrons. The van der Waals surface area contributed by atoms with Gasteiger partial charge < -0.3 is 5.11 Å². The van der Waals surface area contributed by atoms with E-state index in [-0.39, 0.29) is 17.1 Å². The molecule has 3 aromatic rings. The highest BCUT2D eigenvalue weighted by atomic mass is 16.4. The topological polar surface area (TPSA) is 119 Å². The van der Waals surface area contributed by atoms with E-state index in [2.05, 4.69) is 20.2 Å². The summed E-state index contributed by atoms with van der Waals surface area (Å²) in [5, 5.41) is 16.6. The molecule has 0 saturated carbocycles. The highest BCUT2D eigenvalue weighted by molar-refractivity contribution is 5.86. The fourth-order valence-corrected chi connectivity index (χ4v) is 1.73. The van der Waals surface area contributed by atoms with Gasteiger partial charge in [-0.25, -0.2) is 14.5 Å². The molecular weight excluding hydrogens is 252 g/mol. The van der Waals surface area contributed by atoms with E-state index in [1.165, 1.54) is 28.0 Å². The summed E-state index contributed by atoms with van der Waals surface area (Å²) in [5.41, 5.74) is 0.393. The Balaban J connectivity index is 2.19. The Labute approximate surface area is 105 Å². The van der Waals surface area contributed by atoms with Crippen LogP contribution in [0.15, 0.2) is 23.4 Å². The summed E-state index contributed by atoms with van der Waals surface area (Å²) in [7, 11) is 1.63. The maximum Gasteiger partial charge on any atom is 0.338 e. The first-order valence-corrected chi connectivity index (χ1v) is 5.26. The third kappa shape index (κ3) is 1.68. The van der Waals surface area contributed by atoms with Gasteiger partial charge in [-0.05, 0) is 0 Å². The molecule has 0 aliphatic carbocycles. The molecule has 0 fully saturated rings. The molecule has 0 aliphatic rings. The Morgan fingerprint density at radius 2 is 2.16 bits per heavy atom. The smallest absolute Gasteiger partial charge is 0.338 e. The van der Waals surface area contributed by atoms with Crippen LogP contribution >= 0.6 is 0 Å². The summed E-state index contributed by atoms with van der Waals surface area (Å²) in [6.07, 6.45) is 3.90. The van der Waals surface area contributed by atoms with Crippen LogP contribution in [0.3, 0.4) is 0 Å². The van der Waals surface area contributed by atoms with Gasteiger partial charge in [0, 0.05) is 13.2 Å².